The standard InChI is InChI=1S/C27H30FN3O3S/c1-30(2)25-10-4-3-8-21(25)19-34-23-9-5-7-20(17-23)18-29-27(32)26-11-6-16-31(26)35(33)24-14-12-22(28)13-15-24/h3-5,7-10,12-15,17,26H,6,11,16,18-19H2,1-2H3,(H,29,32)/t26-,35?/m0/s1. The first-order chi connectivity index (χ1) is 16.9. The smallest absolute Gasteiger partial charge is 0.238 e. The lowest BCUT2D eigenvalue weighted by Crippen LogP contribution is -2.43. The van der Waals surface area contributed by atoms with Gasteiger partial charge in [-0.15, -0.1) is 0 Å². The molecular weight excluding hydrogens is 465 g/mol. The van der Waals surface area contributed by atoms with Crippen LogP contribution in [0.1, 0.15) is 24.0 Å². The monoisotopic (exact) mass is 495 g/mol. The number of amides is 1. The van der Waals surface area contributed by atoms with E-state index in [0.717, 1.165) is 29.0 Å². The van der Waals surface area contributed by atoms with Crippen LogP contribution in [0.3, 0.4) is 0 Å². The van der Waals surface area contributed by atoms with Gasteiger partial charge in [-0.25, -0.2) is 12.9 Å². The fourth-order valence-electron chi connectivity index (χ4n) is 4.17. The summed E-state index contributed by atoms with van der Waals surface area (Å²) in [4.78, 5) is 15.5. The number of carbonyl (C=O) groups is 1. The van der Waals surface area contributed by atoms with Crippen LogP contribution >= 0.6 is 0 Å². The van der Waals surface area contributed by atoms with Crippen LogP contribution in [0.5, 0.6) is 5.75 Å². The Morgan fingerprint density at radius 2 is 1.89 bits per heavy atom. The summed E-state index contributed by atoms with van der Waals surface area (Å²) in [5.41, 5.74) is 3.11. The van der Waals surface area contributed by atoms with Crippen molar-refractivity contribution in [3.8, 4) is 5.75 Å². The van der Waals surface area contributed by atoms with Gasteiger partial charge in [-0.3, -0.25) is 4.79 Å². The number of carbonyl (C=O) groups excluding carboxylic acids is 1. The lowest BCUT2D eigenvalue weighted by Gasteiger charge is -2.22. The van der Waals surface area contributed by atoms with Gasteiger partial charge in [0.25, 0.3) is 0 Å². The van der Waals surface area contributed by atoms with Gasteiger partial charge in [-0.05, 0) is 60.9 Å². The molecule has 1 heterocycles. The molecule has 35 heavy (non-hydrogen) atoms. The fraction of sp³-hybridized carbons (Fsp3) is 0.296. The second-order valence-electron chi connectivity index (χ2n) is 8.68. The van der Waals surface area contributed by atoms with Crippen molar-refractivity contribution in [3.63, 3.8) is 0 Å². The Morgan fingerprint density at radius 1 is 1.11 bits per heavy atom. The van der Waals surface area contributed by atoms with Gasteiger partial charge in [-0.1, -0.05) is 30.3 Å². The predicted octanol–water partition coefficient (Wildman–Crippen LogP) is 4.27. The molecule has 4 rings (SSSR count). The number of hydrogen-bond acceptors (Lipinski definition) is 4. The van der Waals surface area contributed by atoms with Gasteiger partial charge in [0.2, 0.25) is 5.91 Å². The highest BCUT2D eigenvalue weighted by molar-refractivity contribution is 7.82. The fourth-order valence-corrected chi connectivity index (χ4v) is 5.54. The van der Waals surface area contributed by atoms with Gasteiger partial charge in [0.05, 0.1) is 4.90 Å². The van der Waals surface area contributed by atoms with Gasteiger partial charge in [0.1, 0.15) is 35.2 Å². The van der Waals surface area contributed by atoms with Crippen molar-refractivity contribution < 1.29 is 18.1 Å². The van der Waals surface area contributed by atoms with Crippen LogP contribution in [0.15, 0.2) is 77.7 Å². The van der Waals surface area contributed by atoms with Crippen LogP contribution in [0.2, 0.25) is 0 Å². The summed E-state index contributed by atoms with van der Waals surface area (Å²) in [6, 6.07) is 20.8. The quantitative estimate of drug-likeness (QED) is 0.482. The molecule has 1 amide bonds. The molecule has 1 N–H and O–H groups in total. The number of rotatable bonds is 9. The SMILES string of the molecule is CN(C)c1ccccc1COc1cccc(CNC(=O)[C@@H]2CCCN2S(=O)c2ccc(F)cc2)c1. The minimum atomic E-state index is -1.51. The van der Waals surface area contributed by atoms with Crippen molar-refractivity contribution in [2.24, 2.45) is 0 Å². The maximum atomic E-state index is 13.2. The molecule has 0 aliphatic carbocycles. The number of ether oxygens (including phenoxy) is 1. The van der Waals surface area contributed by atoms with Crippen molar-refractivity contribution in [2.45, 2.75) is 36.9 Å². The van der Waals surface area contributed by atoms with Crippen molar-refractivity contribution in [1.29, 1.82) is 0 Å². The molecule has 2 atom stereocenters. The van der Waals surface area contributed by atoms with E-state index in [-0.39, 0.29) is 11.7 Å². The van der Waals surface area contributed by atoms with Crippen LogP contribution in [0.25, 0.3) is 0 Å². The molecule has 8 heteroatoms. The maximum absolute atomic E-state index is 13.2. The van der Waals surface area contributed by atoms with Gasteiger partial charge >= 0.3 is 0 Å². The number of para-hydroxylation sites is 1. The molecule has 1 unspecified atom stereocenters. The van der Waals surface area contributed by atoms with Crippen LogP contribution in [0.4, 0.5) is 10.1 Å². The first kappa shape index (κ1) is 24.9. The summed E-state index contributed by atoms with van der Waals surface area (Å²) in [6.45, 7) is 1.34. The van der Waals surface area contributed by atoms with Crippen LogP contribution in [-0.2, 0) is 28.9 Å². The average Bonchev–Trinajstić information content (AvgIpc) is 3.36. The van der Waals surface area contributed by atoms with E-state index >= 15 is 0 Å². The minimum Gasteiger partial charge on any atom is -0.489 e. The summed E-state index contributed by atoms with van der Waals surface area (Å²) in [5.74, 6) is 0.184. The minimum absolute atomic E-state index is 0.163. The summed E-state index contributed by atoms with van der Waals surface area (Å²) >= 11 is 0. The number of benzene rings is 3. The number of hydrogen-bond donors (Lipinski definition) is 1. The number of nitrogens with zero attached hydrogens (tertiary/aromatic N) is 2. The maximum Gasteiger partial charge on any atom is 0.238 e. The van der Waals surface area contributed by atoms with E-state index in [1.54, 1.807) is 4.31 Å². The Morgan fingerprint density at radius 3 is 2.66 bits per heavy atom. The zero-order valence-corrected chi connectivity index (χ0v) is 20.8. The molecule has 0 spiro atoms. The zero-order valence-electron chi connectivity index (χ0n) is 19.9. The molecule has 1 fully saturated rings. The number of halogens is 1. The predicted molar refractivity (Wildman–Crippen MR) is 136 cm³/mol. The highest BCUT2D eigenvalue weighted by Crippen LogP contribution is 2.24. The first-order valence-electron chi connectivity index (χ1n) is 11.6. The Kier molecular flexibility index (Phi) is 8.15. The van der Waals surface area contributed by atoms with E-state index in [1.807, 2.05) is 56.6 Å². The van der Waals surface area contributed by atoms with E-state index < -0.39 is 17.0 Å². The highest BCUT2D eigenvalue weighted by Gasteiger charge is 2.34. The van der Waals surface area contributed by atoms with Crippen LogP contribution < -0.4 is 15.0 Å². The first-order valence-corrected chi connectivity index (χ1v) is 12.7. The third-order valence-corrected chi connectivity index (χ3v) is 7.51. The van der Waals surface area contributed by atoms with Crippen molar-refractivity contribution in [3.05, 3.63) is 89.7 Å². The third kappa shape index (κ3) is 6.26. The van der Waals surface area contributed by atoms with E-state index in [2.05, 4.69) is 16.3 Å². The van der Waals surface area contributed by atoms with Gasteiger partial charge in [0, 0.05) is 38.4 Å². The topological polar surface area (TPSA) is 61.9 Å². The van der Waals surface area contributed by atoms with Gasteiger partial charge in [0.15, 0.2) is 0 Å². The molecule has 1 aliphatic heterocycles. The molecule has 1 aliphatic rings. The van der Waals surface area contributed by atoms with Crippen LogP contribution in [0, 0.1) is 5.82 Å². The molecule has 0 saturated carbocycles. The molecule has 3 aromatic rings. The van der Waals surface area contributed by atoms with Gasteiger partial charge < -0.3 is 15.0 Å². The summed E-state index contributed by atoms with van der Waals surface area (Å²) < 4.78 is 33.9. The molecule has 184 valence electrons. The Labute approximate surface area is 208 Å². The average molecular weight is 496 g/mol. The second kappa shape index (κ2) is 11.5. The molecule has 0 aromatic heterocycles. The van der Waals surface area contributed by atoms with Gasteiger partial charge in [-0.2, -0.15) is 0 Å². The molecule has 0 bridgehead atoms. The van der Waals surface area contributed by atoms with E-state index in [1.165, 1.54) is 24.3 Å². The van der Waals surface area contributed by atoms with E-state index in [4.69, 9.17) is 4.74 Å². The van der Waals surface area contributed by atoms with E-state index in [9.17, 15) is 13.4 Å². The third-order valence-electron chi connectivity index (χ3n) is 5.97. The lowest BCUT2D eigenvalue weighted by atomic mass is 10.1. The Bertz CT molecular complexity index is 1190. The number of anilines is 1. The summed E-state index contributed by atoms with van der Waals surface area (Å²) in [6.07, 6.45) is 1.41. The highest BCUT2D eigenvalue weighted by atomic mass is 32.2. The Hall–Kier alpha value is -3.23. The van der Waals surface area contributed by atoms with Crippen molar-refractivity contribution in [2.75, 3.05) is 25.5 Å². The lowest BCUT2D eigenvalue weighted by molar-refractivity contribution is -0.124. The summed E-state index contributed by atoms with van der Waals surface area (Å²) in [5, 5.41) is 2.97. The molecule has 0 radical (unpaired) electrons. The largest absolute Gasteiger partial charge is 0.489 e. The molecule has 3 aromatic carbocycles. The zero-order chi connectivity index (χ0) is 24.8. The molecule has 1 saturated heterocycles. The number of nitrogens with one attached hydrogen (secondary N) is 1. The second-order valence-corrected chi connectivity index (χ2v) is 10.1. The van der Waals surface area contributed by atoms with E-state index in [0.29, 0.717) is 31.0 Å². The van der Waals surface area contributed by atoms with Crippen molar-refractivity contribution >= 4 is 22.6 Å². The molecular formula is C27H30FN3O3S. The Balaban J connectivity index is 1.34. The summed E-state index contributed by atoms with van der Waals surface area (Å²) in [7, 11) is 2.49. The molecule has 6 nitrogen and oxygen atoms in total. The van der Waals surface area contributed by atoms with Crippen LogP contribution in [-0.4, -0.2) is 41.1 Å². The van der Waals surface area contributed by atoms with Crippen molar-refractivity contribution in [1.82, 2.24) is 9.62 Å². The normalized spacial score (nSPS) is 16.6.